The standard InChI is InChI=1S/C24H18BrClINO2/c1-2-29-23-13-16(11-19(14-28)17-7-9-20(25)10-8-17)12-22(27)24(23)30-15-18-5-3-4-6-21(18)26/h3-13H,2,15H2,1H3. The molecule has 0 saturated heterocycles. The number of hydrogen-bond donors (Lipinski definition) is 0. The van der Waals surface area contributed by atoms with E-state index in [-0.39, 0.29) is 0 Å². The van der Waals surface area contributed by atoms with E-state index in [0.29, 0.717) is 35.3 Å². The van der Waals surface area contributed by atoms with Crippen molar-refractivity contribution in [1.29, 1.82) is 5.26 Å². The molecule has 0 aliphatic rings. The third-order valence-corrected chi connectivity index (χ3v) is 5.95. The van der Waals surface area contributed by atoms with Crippen LogP contribution in [0.4, 0.5) is 0 Å². The molecule has 3 nitrogen and oxygen atoms in total. The van der Waals surface area contributed by atoms with E-state index >= 15 is 0 Å². The first-order valence-electron chi connectivity index (χ1n) is 9.22. The minimum atomic E-state index is 0.341. The van der Waals surface area contributed by atoms with Gasteiger partial charge in [0.2, 0.25) is 0 Å². The Morgan fingerprint density at radius 1 is 1.13 bits per heavy atom. The zero-order chi connectivity index (χ0) is 21.5. The summed E-state index contributed by atoms with van der Waals surface area (Å²) in [5, 5.41) is 10.3. The highest BCUT2D eigenvalue weighted by atomic mass is 127. The van der Waals surface area contributed by atoms with Crippen molar-refractivity contribution in [3.63, 3.8) is 0 Å². The van der Waals surface area contributed by atoms with Gasteiger partial charge in [-0.1, -0.05) is 57.9 Å². The van der Waals surface area contributed by atoms with Crippen LogP contribution in [0.1, 0.15) is 23.6 Å². The number of rotatable bonds is 7. The Balaban J connectivity index is 1.93. The van der Waals surface area contributed by atoms with Gasteiger partial charge in [0.15, 0.2) is 11.5 Å². The van der Waals surface area contributed by atoms with Crippen LogP contribution in [0.15, 0.2) is 65.1 Å². The van der Waals surface area contributed by atoms with E-state index in [1.807, 2.05) is 73.7 Å². The molecule has 0 unspecified atom stereocenters. The molecule has 0 amide bonds. The van der Waals surface area contributed by atoms with E-state index in [0.717, 1.165) is 24.7 Å². The molecule has 3 rings (SSSR count). The summed E-state index contributed by atoms with van der Waals surface area (Å²) in [4.78, 5) is 0. The van der Waals surface area contributed by atoms with Gasteiger partial charge in [-0.2, -0.15) is 5.26 Å². The number of benzene rings is 3. The lowest BCUT2D eigenvalue weighted by Crippen LogP contribution is -2.02. The van der Waals surface area contributed by atoms with E-state index in [2.05, 4.69) is 44.6 Å². The molecule has 0 aliphatic heterocycles. The lowest BCUT2D eigenvalue weighted by molar-refractivity contribution is 0.267. The molecule has 0 radical (unpaired) electrons. The summed E-state index contributed by atoms with van der Waals surface area (Å²) < 4.78 is 13.8. The fraction of sp³-hybridized carbons (Fsp3) is 0.125. The molecule has 0 bridgehead atoms. The molecule has 152 valence electrons. The summed E-state index contributed by atoms with van der Waals surface area (Å²) in [6.45, 7) is 2.77. The highest BCUT2D eigenvalue weighted by molar-refractivity contribution is 14.1. The third kappa shape index (κ3) is 5.78. The van der Waals surface area contributed by atoms with E-state index in [1.165, 1.54) is 0 Å². The van der Waals surface area contributed by atoms with Gasteiger partial charge in [0.25, 0.3) is 0 Å². The molecule has 0 aliphatic carbocycles. The average Bonchev–Trinajstić information content (AvgIpc) is 2.73. The second-order valence-electron chi connectivity index (χ2n) is 6.32. The van der Waals surface area contributed by atoms with Crippen molar-refractivity contribution in [2.24, 2.45) is 0 Å². The molecule has 0 N–H and O–H groups in total. The van der Waals surface area contributed by atoms with Crippen molar-refractivity contribution in [1.82, 2.24) is 0 Å². The van der Waals surface area contributed by atoms with Gasteiger partial charge in [0.1, 0.15) is 6.61 Å². The predicted octanol–water partition coefficient (Wildman–Crippen LogP) is 7.75. The summed E-state index contributed by atoms with van der Waals surface area (Å²) in [5.41, 5.74) is 3.20. The Labute approximate surface area is 203 Å². The number of allylic oxidation sites excluding steroid dienone is 1. The van der Waals surface area contributed by atoms with Crippen LogP contribution in [0.3, 0.4) is 0 Å². The molecule has 0 heterocycles. The molecule has 0 fully saturated rings. The topological polar surface area (TPSA) is 42.2 Å². The number of nitriles is 1. The van der Waals surface area contributed by atoms with E-state index < -0.39 is 0 Å². The van der Waals surface area contributed by atoms with Crippen LogP contribution in [0, 0.1) is 14.9 Å². The SMILES string of the molecule is CCOc1cc(C=C(C#N)c2ccc(Br)cc2)cc(I)c1OCc1ccccc1Cl. The van der Waals surface area contributed by atoms with E-state index in [4.69, 9.17) is 21.1 Å². The van der Waals surface area contributed by atoms with Crippen molar-refractivity contribution < 1.29 is 9.47 Å². The van der Waals surface area contributed by atoms with Gasteiger partial charge in [-0.25, -0.2) is 0 Å². The summed E-state index contributed by atoms with van der Waals surface area (Å²) in [5.74, 6) is 1.30. The highest BCUT2D eigenvalue weighted by Gasteiger charge is 2.13. The second-order valence-corrected chi connectivity index (χ2v) is 8.80. The molecule has 30 heavy (non-hydrogen) atoms. The predicted molar refractivity (Wildman–Crippen MR) is 134 cm³/mol. The molecule has 0 aromatic heterocycles. The normalized spacial score (nSPS) is 11.1. The second kappa shape index (κ2) is 10.9. The van der Waals surface area contributed by atoms with Gasteiger partial charge >= 0.3 is 0 Å². The largest absolute Gasteiger partial charge is 0.490 e. The Morgan fingerprint density at radius 3 is 2.53 bits per heavy atom. The highest BCUT2D eigenvalue weighted by Crippen LogP contribution is 2.36. The molecule has 6 heteroatoms. The van der Waals surface area contributed by atoms with Crippen molar-refractivity contribution >= 4 is 61.8 Å². The first kappa shape index (κ1) is 22.7. The maximum Gasteiger partial charge on any atom is 0.175 e. The van der Waals surface area contributed by atoms with Crippen LogP contribution < -0.4 is 9.47 Å². The van der Waals surface area contributed by atoms with Gasteiger partial charge in [-0.15, -0.1) is 0 Å². The van der Waals surface area contributed by atoms with Crippen LogP contribution in [0.5, 0.6) is 11.5 Å². The summed E-state index contributed by atoms with van der Waals surface area (Å²) in [7, 11) is 0. The minimum Gasteiger partial charge on any atom is -0.490 e. The average molecular weight is 595 g/mol. The molecular formula is C24H18BrClINO2. The third-order valence-electron chi connectivity index (χ3n) is 4.25. The van der Waals surface area contributed by atoms with Gasteiger partial charge in [0, 0.05) is 15.1 Å². The Morgan fingerprint density at radius 2 is 1.87 bits per heavy atom. The molecule has 0 atom stereocenters. The van der Waals surface area contributed by atoms with Gasteiger partial charge in [-0.3, -0.25) is 0 Å². The number of ether oxygens (including phenoxy) is 2. The van der Waals surface area contributed by atoms with Crippen molar-refractivity contribution in [2.75, 3.05) is 6.61 Å². The Bertz CT molecular complexity index is 1110. The monoisotopic (exact) mass is 593 g/mol. The van der Waals surface area contributed by atoms with Crippen molar-refractivity contribution in [3.8, 4) is 17.6 Å². The van der Waals surface area contributed by atoms with Gasteiger partial charge in [0.05, 0.1) is 21.8 Å². The minimum absolute atomic E-state index is 0.341. The summed E-state index contributed by atoms with van der Waals surface area (Å²) in [6, 6.07) is 21.4. The number of hydrogen-bond acceptors (Lipinski definition) is 3. The summed E-state index contributed by atoms with van der Waals surface area (Å²) in [6.07, 6.45) is 1.85. The van der Waals surface area contributed by atoms with Crippen LogP contribution >= 0.6 is 50.1 Å². The lowest BCUT2D eigenvalue weighted by atomic mass is 10.0. The quantitative estimate of drug-likeness (QED) is 0.160. The van der Waals surface area contributed by atoms with Gasteiger partial charge < -0.3 is 9.47 Å². The van der Waals surface area contributed by atoms with Crippen molar-refractivity contribution in [3.05, 3.63) is 90.4 Å². The molecule has 3 aromatic carbocycles. The lowest BCUT2D eigenvalue weighted by Gasteiger charge is -2.15. The van der Waals surface area contributed by atoms with Crippen molar-refractivity contribution in [2.45, 2.75) is 13.5 Å². The fourth-order valence-electron chi connectivity index (χ4n) is 2.82. The first-order chi connectivity index (χ1) is 14.5. The Hall–Kier alpha value is -2.01. The van der Waals surface area contributed by atoms with Crippen LogP contribution in [-0.2, 0) is 6.61 Å². The Kier molecular flexibility index (Phi) is 8.20. The first-order valence-corrected chi connectivity index (χ1v) is 11.5. The number of halogens is 3. The number of nitrogens with zero attached hydrogens (tertiary/aromatic N) is 1. The summed E-state index contributed by atoms with van der Waals surface area (Å²) >= 11 is 11.9. The maximum absolute atomic E-state index is 9.64. The van der Waals surface area contributed by atoms with Crippen LogP contribution in [0.25, 0.3) is 11.6 Å². The molecule has 3 aromatic rings. The molecule has 0 spiro atoms. The zero-order valence-corrected chi connectivity index (χ0v) is 20.7. The van der Waals surface area contributed by atoms with Crippen LogP contribution in [-0.4, -0.2) is 6.61 Å². The maximum atomic E-state index is 9.64. The van der Waals surface area contributed by atoms with Crippen LogP contribution in [0.2, 0.25) is 5.02 Å². The van der Waals surface area contributed by atoms with E-state index in [9.17, 15) is 5.26 Å². The van der Waals surface area contributed by atoms with Gasteiger partial charge in [-0.05, 0) is 77.0 Å². The van der Waals surface area contributed by atoms with E-state index in [1.54, 1.807) is 0 Å². The molecular weight excluding hydrogens is 577 g/mol. The fourth-order valence-corrected chi connectivity index (χ4v) is 4.05. The zero-order valence-electron chi connectivity index (χ0n) is 16.2. The molecule has 0 saturated carbocycles. The smallest absolute Gasteiger partial charge is 0.175 e.